The van der Waals surface area contributed by atoms with Gasteiger partial charge in [0.15, 0.2) is 5.82 Å². The molecule has 0 fully saturated rings. The summed E-state index contributed by atoms with van der Waals surface area (Å²) in [7, 11) is -3.75. The zero-order chi connectivity index (χ0) is 24.9. The number of fused-ring (bicyclic) bond motifs is 1. The molecule has 178 valence electrons. The first-order valence-corrected chi connectivity index (χ1v) is 11.1. The molecule has 0 aliphatic rings. The maximum atomic E-state index is 12.5. The van der Waals surface area contributed by atoms with E-state index in [2.05, 4.69) is 25.2 Å². The van der Waals surface area contributed by atoms with Crippen LogP contribution in [0.3, 0.4) is 0 Å². The van der Waals surface area contributed by atoms with Gasteiger partial charge in [0.1, 0.15) is 5.52 Å². The highest BCUT2D eigenvalue weighted by atomic mass is 35.5. The first kappa shape index (κ1) is 24.8. The second kappa shape index (κ2) is 9.97. The normalized spacial score (nSPS) is 11.4. The fourth-order valence-electron chi connectivity index (χ4n) is 2.54. The number of hydrogen-bond donors (Lipinski definition) is 4. The van der Waals surface area contributed by atoms with Gasteiger partial charge in [-0.3, -0.25) is 14.8 Å². The number of alkyl halides is 3. The number of aromatic amines is 1. The van der Waals surface area contributed by atoms with Crippen molar-refractivity contribution in [1.29, 1.82) is 0 Å². The molecule has 0 saturated carbocycles. The molecule has 2 aromatic carbocycles. The van der Waals surface area contributed by atoms with Gasteiger partial charge >= 0.3 is 12.1 Å². The van der Waals surface area contributed by atoms with E-state index in [-0.39, 0.29) is 4.90 Å². The number of benzene rings is 2. The summed E-state index contributed by atoms with van der Waals surface area (Å²) in [5.41, 5.74) is 2.53. The van der Waals surface area contributed by atoms with Crippen LogP contribution in [0.1, 0.15) is 0 Å². The largest absolute Gasteiger partial charge is 0.490 e. The van der Waals surface area contributed by atoms with Crippen molar-refractivity contribution in [3.63, 3.8) is 0 Å². The van der Waals surface area contributed by atoms with Gasteiger partial charge in [0.05, 0.1) is 21.1 Å². The molecule has 0 amide bonds. The van der Waals surface area contributed by atoms with Crippen molar-refractivity contribution < 1.29 is 31.5 Å². The van der Waals surface area contributed by atoms with Crippen molar-refractivity contribution in [1.82, 2.24) is 15.2 Å². The first-order chi connectivity index (χ1) is 16.0. The Morgan fingerprint density at radius 3 is 2.29 bits per heavy atom. The molecule has 0 aliphatic carbocycles. The van der Waals surface area contributed by atoms with Gasteiger partial charge in [0.2, 0.25) is 0 Å². The lowest BCUT2D eigenvalue weighted by Crippen LogP contribution is -2.21. The summed E-state index contributed by atoms with van der Waals surface area (Å²) in [6, 6.07) is 16.7. The molecule has 0 radical (unpaired) electrons. The van der Waals surface area contributed by atoms with Gasteiger partial charge in [-0.05, 0) is 48.5 Å². The van der Waals surface area contributed by atoms with Gasteiger partial charge in [0, 0.05) is 11.9 Å². The first-order valence-electron chi connectivity index (χ1n) is 9.21. The molecule has 4 N–H and O–H groups in total. The quantitative estimate of drug-likeness (QED) is 0.301. The highest BCUT2D eigenvalue weighted by Crippen LogP contribution is 2.26. The number of rotatable bonds is 5. The number of nitrogens with zero attached hydrogens (tertiary/aromatic N) is 2. The van der Waals surface area contributed by atoms with Crippen LogP contribution >= 0.6 is 11.6 Å². The lowest BCUT2D eigenvalue weighted by molar-refractivity contribution is -0.192. The van der Waals surface area contributed by atoms with Crippen molar-refractivity contribution in [3.05, 3.63) is 71.9 Å². The lowest BCUT2D eigenvalue weighted by Gasteiger charge is -2.10. The number of aliphatic carboxylic acids is 1. The average Bonchev–Trinajstić information content (AvgIpc) is 3.18. The Morgan fingerprint density at radius 1 is 1.03 bits per heavy atom. The molecule has 9 nitrogen and oxygen atoms in total. The van der Waals surface area contributed by atoms with E-state index in [1.54, 1.807) is 42.6 Å². The summed E-state index contributed by atoms with van der Waals surface area (Å²) >= 11 is 6.02. The van der Waals surface area contributed by atoms with Gasteiger partial charge in [-0.15, -0.1) is 0 Å². The van der Waals surface area contributed by atoms with E-state index in [1.807, 2.05) is 12.1 Å². The smallest absolute Gasteiger partial charge is 0.475 e. The summed E-state index contributed by atoms with van der Waals surface area (Å²) in [4.78, 5) is 13.3. The van der Waals surface area contributed by atoms with Crippen LogP contribution < -0.4 is 10.0 Å². The minimum absolute atomic E-state index is 0.123. The molecular weight excluding hydrogens is 499 g/mol. The SMILES string of the molecule is O=C(O)C(F)(F)F.O=S(=O)(Nc1ccccc1Cl)c1ccc(Nc2n[nH]c3cccnc23)cc1. The zero-order valence-electron chi connectivity index (χ0n) is 16.8. The third-order valence-electron chi connectivity index (χ3n) is 4.11. The van der Waals surface area contributed by atoms with Gasteiger partial charge in [-0.2, -0.15) is 18.3 Å². The minimum atomic E-state index is -5.08. The Kier molecular flexibility index (Phi) is 7.27. The summed E-state index contributed by atoms with van der Waals surface area (Å²) in [5.74, 6) is -2.19. The number of halogens is 4. The van der Waals surface area contributed by atoms with Gasteiger partial charge in [-0.1, -0.05) is 23.7 Å². The van der Waals surface area contributed by atoms with Crippen molar-refractivity contribution in [2.45, 2.75) is 11.1 Å². The Labute approximate surface area is 195 Å². The fraction of sp³-hybridized carbons (Fsp3) is 0.0500. The van der Waals surface area contributed by atoms with Gasteiger partial charge < -0.3 is 10.4 Å². The predicted octanol–water partition coefficient (Wildman–Crippen LogP) is 4.79. The van der Waals surface area contributed by atoms with Crippen LogP contribution in [0.5, 0.6) is 0 Å². The second-order valence-corrected chi connectivity index (χ2v) is 8.60. The minimum Gasteiger partial charge on any atom is -0.475 e. The van der Waals surface area contributed by atoms with Crippen LogP contribution in [0, 0.1) is 0 Å². The zero-order valence-corrected chi connectivity index (χ0v) is 18.4. The highest BCUT2D eigenvalue weighted by Gasteiger charge is 2.38. The van der Waals surface area contributed by atoms with Crippen molar-refractivity contribution in [3.8, 4) is 0 Å². The molecule has 0 saturated heterocycles. The van der Waals surface area contributed by atoms with Crippen LogP contribution in [-0.4, -0.2) is 40.9 Å². The number of para-hydroxylation sites is 1. The Hall–Kier alpha value is -3.84. The summed E-state index contributed by atoms with van der Waals surface area (Å²) in [6.45, 7) is 0. The number of sulfonamides is 1. The third-order valence-corrected chi connectivity index (χ3v) is 5.82. The molecule has 14 heteroatoms. The number of anilines is 3. The number of carboxylic acids is 1. The molecule has 4 rings (SSSR count). The number of nitrogens with one attached hydrogen (secondary N) is 3. The van der Waals surface area contributed by atoms with Crippen LogP contribution in [0.4, 0.5) is 30.4 Å². The Morgan fingerprint density at radius 2 is 1.68 bits per heavy atom. The van der Waals surface area contributed by atoms with Crippen LogP contribution in [-0.2, 0) is 14.8 Å². The molecular formula is C20H15ClF3N5O4S. The second-order valence-electron chi connectivity index (χ2n) is 6.51. The average molecular weight is 514 g/mol. The van der Waals surface area contributed by atoms with Crippen molar-refractivity contribution in [2.75, 3.05) is 10.0 Å². The fourth-order valence-corrected chi connectivity index (χ4v) is 3.86. The predicted molar refractivity (Wildman–Crippen MR) is 120 cm³/mol. The molecule has 34 heavy (non-hydrogen) atoms. The van der Waals surface area contributed by atoms with Crippen LogP contribution in [0.25, 0.3) is 11.0 Å². The third kappa shape index (κ3) is 6.14. The van der Waals surface area contributed by atoms with Crippen molar-refractivity contribution >= 4 is 55.8 Å². The van der Waals surface area contributed by atoms with Crippen LogP contribution in [0.15, 0.2) is 71.8 Å². The summed E-state index contributed by atoms with van der Waals surface area (Å²) in [5, 5.41) is 17.6. The number of carboxylic acid groups (broad SMARTS) is 1. The highest BCUT2D eigenvalue weighted by molar-refractivity contribution is 7.92. The standard InChI is InChI=1S/C18H14ClN5O2S.C2HF3O2/c19-14-4-1-2-5-15(14)24-27(25,26)13-9-7-12(8-10-13)21-18-17-16(22-23-18)6-3-11-20-17;3-2(4,5)1(6)7/h1-11,24H,(H2,21,22,23);(H,6,7). The lowest BCUT2D eigenvalue weighted by atomic mass is 10.3. The molecule has 2 aromatic heterocycles. The van der Waals surface area contributed by atoms with Gasteiger partial charge in [-0.25, -0.2) is 13.2 Å². The monoisotopic (exact) mass is 513 g/mol. The van der Waals surface area contributed by atoms with Crippen LogP contribution in [0.2, 0.25) is 5.02 Å². The van der Waals surface area contributed by atoms with Crippen molar-refractivity contribution in [2.24, 2.45) is 0 Å². The molecule has 4 aromatic rings. The molecule has 2 heterocycles. The van der Waals surface area contributed by atoms with E-state index in [0.717, 1.165) is 5.52 Å². The van der Waals surface area contributed by atoms with E-state index in [9.17, 15) is 21.6 Å². The maximum Gasteiger partial charge on any atom is 0.490 e. The summed E-state index contributed by atoms with van der Waals surface area (Å²) in [6.07, 6.45) is -3.40. The van der Waals surface area contributed by atoms with E-state index in [1.165, 1.54) is 12.1 Å². The number of aromatic nitrogens is 3. The number of H-pyrrole nitrogens is 1. The Bertz CT molecular complexity index is 1410. The van der Waals surface area contributed by atoms with E-state index < -0.39 is 22.2 Å². The summed E-state index contributed by atoms with van der Waals surface area (Å²) < 4.78 is 59.3. The topological polar surface area (TPSA) is 137 Å². The molecule has 0 unspecified atom stereocenters. The van der Waals surface area contributed by atoms with E-state index in [0.29, 0.717) is 27.7 Å². The number of hydrogen-bond acceptors (Lipinski definition) is 6. The molecule has 0 atom stereocenters. The number of pyridine rings is 1. The van der Waals surface area contributed by atoms with Gasteiger partial charge in [0.25, 0.3) is 10.0 Å². The molecule has 0 spiro atoms. The van der Waals surface area contributed by atoms with E-state index >= 15 is 0 Å². The maximum absolute atomic E-state index is 12.5. The Balaban J connectivity index is 0.000000406. The molecule has 0 bridgehead atoms. The number of carbonyl (C=O) groups is 1. The van der Waals surface area contributed by atoms with E-state index in [4.69, 9.17) is 21.5 Å². The molecule has 0 aliphatic heterocycles.